The van der Waals surface area contributed by atoms with Crippen molar-refractivity contribution in [3.05, 3.63) is 51.6 Å². The Balaban J connectivity index is 2.28. The molecule has 0 spiro atoms. The Labute approximate surface area is 123 Å². The van der Waals surface area contributed by atoms with Gasteiger partial charge in [0.05, 0.1) is 17.3 Å². The molecule has 2 aromatic rings. The fraction of sp³-hybridized carbons (Fsp3) is 0.400. The second kappa shape index (κ2) is 6.37. The lowest BCUT2D eigenvalue weighted by Crippen LogP contribution is -2.13. The highest BCUT2D eigenvalue weighted by Crippen LogP contribution is 2.22. The van der Waals surface area contributed by atoms with Crippen molar-refractivity contribution in [3.8, 4) is 0 Å². The van der Waals surface area contributed by atoms with Crippen LogP contribution in [0.25, 0.3) is 0 Å². The predicted octanol–water partition coefficient (Wildman–Crippen LogP) is 3.45. The van der Waals surface area contributed by atoms with E-state index in [4.69, 9.17) is 11.6 Å². The van der Waals surface area contributed by atoms with Gasteiger partial charge >= 0.3 is 0 Å². The molecule has 0 fully saturated rings. The van der Waals surface area contributed by atoms with Crippen LogP contribution in [0.1, 0.15) is 29.4 Å². The summed E-state index contributed by atoms with van der Waals surface area (Å²) < 4.78 is 15.3. The SMILES string of the molecule is CCNCc1c(C)nn(Cc2cccc(F)c2Cl)c1C. The van der Waals surface area contributed by atoms with Crippen LogP contribution in [0.15, 0.2) is 18.2 Å². The van der Waals surface area contributed by atoms with Crippen LogP contribution in [-0.4, -0.2) is 16.3 Å². The van der Waals surface area contributed by atoms with Gasteiger partial charge in [-0.25, -0.2) is 4.39 Å². The number of aromatic nitrogens is 2. The van der Waals surface area contributed by atoms with Crippen molar-refractivity contribution in [2.45, 2.75) is 33.9 Å². The molecular weight excluding hydrogens is 277 g/mol. The molecule has 5 heteroatoms. The number of hydrogen-bond donors (Lipinski definition) is 1. The average Bonchev–Trinajstić information content (AvgIpc) is 2.68. The third-order valence-corrected chi connectivity index (χ3v) is 3.86. The lowest BCUT2D eigenvalue weighted by atomic mass is 10.2. The average molecular weight is 296 g/mol. The summed E-state index contributed by atoms with van der Waals surface area (Å²) in [7, 11) is 0. The zero-order valence-electron chi connectivity index (χ0n) is 12.0. The van der Waals surface area contributed by atoms with Crippen LogP contribution in [0.4, 0.5) is 4.39 Å². The highest BCUT2D eigenvalue weighted by Gasteiger charge is 2.13. The fourth-order valence-electron chi connectivity index (χ4n) is 2.23. The van der Waals surface area contributed by atoms with Crippen molar-refractivity contribution in [1.82, 2.24) is 15.1 Å². The van der Waals surface area contributed by atoms with E-state index in [9.17, 15) is 4.39 Å². The number of nitrogens with zero attached hydrogens (tertiary/aromatic N) is 2. The molecule has 0 bridgehead atoms. The lowest BCUT2D eigenvalue weighted by Gasteiger charge is -2.08. The molecule has 0 aliphatic rings. The van der Waals surface area contributed by atoms with Crippen LogP contribution in [0.5, 0.6) is 0 Å². The molecule has 0 aliphatic heterocycles. The third kappa shape index (κ3) is 3.02. The van der Waals surface area contributed by atoms with Crippen molar-refractivity contribution >= 4 is 11.6 Å². The normalized spacial score (nSPS) is 11.1. The molecule has 3 nitrogen and oxygen atoms in total. The van der Waals surface area contributed by atoms with Gasteiger partial charge in [-0.1, -0.05) is 30.7 Å². The summed E-state index contributed by atoms with van der Waals surface area (Å²) in [6.45, 7) is 8.28. The molecule has 2 rings (SSSR count). The summed E-state index contributed by atoms with van der Waals surface area (Å²) in [5.74, 6) is -0.390. The van der Waals surface area contributed by atoms with Crippen LogP contribution >= 0.6 is 11.6 Å². The number of halogens is 2. The number of benzene rings is 1. The largest absolute Gasteiger partial charge is 0.313 e. The van der Waals surface area contributed by atoms with Gasteiger partial charge in [-0.2, -0.15) is 5.10 Å². The number of nitrogens with one attached hydrogen (secondary N) is 1. The van der Waals surface area contributed by atoms with Gasteiger partial charge in [0.25, 0.3) is 0 Å². The van der Waals surface area contributed by atoms with E-state index in [-0.39, 0.29) is 5.02 Å². The minimum absolute atomic E-state index is 0.174. The van der Waals surface area contributed by atoms with E-state index in [2.05, 4.69) is 17.3 Å². The molecule has 0 unspecified atom stereocenters. The first-order valence-electron chi connectivity index (χ1n) is 6.71. The van der Waals surface area contributed by atoms with Crippen LogP contribution < -0.4 is 5.32 Å². The maximum Gasteiger partial charge on any atom is 0.142 e. The lowest BCUT2D eigenvalue weighted by molar-refractivity contribution is 0.615. The molecule has 1 aromatic heterocycles. The molecule has 0 atom stereocenters. The third-order valence-electron chi connectivity index (χ3n) is 3.43. The van der Waals surface area contributed by atoms with Crippen molar-refractivity contribution in [3.63, 3.8) is 0 Å². The first kappa shape index (κ1) is 15.0. The number of hydrogen-bond acceptors (Lipinski definition) is 2. The molecule has 1 heterocycles. The van der Waals surface area contributed by atoms with Gasteiger partial charge in [0.15, 0.2) is 0 Å². The summed E-state index contributed by atoms with van der Waals surface area (Å²) in [4.78, 5) is 0. The van der Waals surface area contributed by atoms with Gasteiger partial charge in [-0.15, -0.1) is 0 Å². The Kier molecular flexibility index (Phi) is 4.78. The molecule has 1 aromatic carbocycles. The quantitative estimate of drug-likeness (QED) is 0.915. The van der Waals surface area contributed by atoms with Crippen molar-refractivity contribution in [1.29, 1.82) is 0 Å². The Hall–Kier alpha value is -1.39. The molecule has 1 N–H and O–H groups in total. The van der Waals surface area contributed by atoms with Gasteiger partial charge in [0, 0.05) is 17.8 Å². The standard InChI is InChI=1S/C15H19ClFN3/c1-4-18-8-13-10(2)19-20(11(13)3)9-12-6-5-7-14(17)15(12)16/h5-7,18H,4,8-9H2,1-3H3. The summed E-state index contributed by atoms with van der Waals surface area (Å²) in [5, 5.41) is 8.00. The Morgan fingerprint density at radius 3 is 2.80 bits per heavy atom. The first-order valence-corrected chi connectivity index (χ1v) is 7.08. The highest BCUT2D eigenvalue weighted by molar-refractivity contribution is 6.31. The molecule has 0 radical (unpaired) electrons. The zero-order valence-corrected chi connectivity index (χ0v) is 12.8. The second-order valence-corrected chi connectivity index (χ2v) is 5.18. The maximum atomic E-state index is 13.5. The van der Waals surface area contributed by atoms with Crippen molar-refractivity contribution in [2.24, 2.45) is 0 Å². The van der Waals surface area contributed by atoms with Crippen LogP contribution in [-0.2, 0) is 13.1 Å². The highest BCUT2D eigenvalue weighted by atomic mass is 35.5. The van der Waals surface area contributed by atoms with Crippen molar-refractivity contribution < 1.29 is 4.39 Å². The molecule has 20 heavy (non-hydrogen) atoms. The molecule has 108 valence electrons. The second-order valence-electron chi connectivity index (χ2n) is 4.80. The van der Waals surface area contributed by atoms with Gasteiger partial charge < -0.3 is 5.32 Å². The van der Waals surface area contributed by atoms with Crippen LogP contribution in [0.3, 0.4) is 0 Å². The minimum atomic E-state index is -0.390. The summed E-state index contributed by atoms with van der Waals surface area (Å²) in [6, 6.07) is 4.86. The smallest absolute Gasteiger partial charge is 0.142 e. The van der Waals surface area contributed by atoms with Gasteiger partial charge in [0.1, 0.15) is 5.82 Å². The van der Waals surface area contributed by atoms with Gasteiger partial charge in [-0.05, 0) is 32.0 Å². The van der Waals surface area contributed by atoms with E-state index >= 15 is 0 Å². The van der Waals surface area contributed by atoms with Crippen LogP contribution in [0.2, 0.25) is 5.02 Å². The zero-order chi connectivity index (χ0) is 14.7. The summed E-state index contributed by atoms with van der Waals surface area (Å²) >= 11 is 6.00. The van der Waals surface area contributed by atoms with E-state index in [1.807, 2.05) is 24.6 Å². The maximum absolute atomic E-state index is 13.5. The first-order chi connectivity index (χ1) is 9.54. The number of rotatable bonds is 5. The minimum Gasteiger partial charge on any atom is -0.313 e. The summed E-state index contributed by atoms with van der Waals surface area (Å²) in [5.41, 5.74) is 4.02. The Morgan fingerprint density at radius 1 is 1.35 bits per heavy atom. The molecule has 0 aliphatic carbocycles. The molecular formula is C15H19ClFN3. The van der Waals surface area contributed by atoms with E-state index < -0.39 is 5.82 Å². The van der Waals surface area contributed by atoms with E-state index in [0.29, 0.717) is 6.54 Å². The Morgan fingerprint density at radius 2 is 2.10 bits per heavy atom. The number of aryl methyl sites for hydroxylation is 1. The van der Waals surface area contributed by atoms with E-state index in [1.54, 1.807) is 6.07 Å². The van der Waals surface area contributed by atoms with E-state index in [1.165, 1.54) is 11.6 Å². The van der Waals surface area contributed by atoms with Gasteiger partial charge in [0.2, 0.25) is 0 Å². The van der Waals surface area contributed by atoms with E-state index in [0.717, 1.165) is 30.0 Å². The Bertz CT molecular complexity index is 607. The monoisotopic (exact) mass is 295 g/mol. The van der Waals surface area contributed by atoms with Gasteiger partial charge in [-0.3, -0.25) is 4.68 Å². The predicted molar refractivity (Wildman–Crippen MR) is 79.6 cm³/mol. The molecule has 0 saturated heterocycles. The summed E-state index contributed by atoms with van der Waals surface area (Å²) in [6.07, 6.45) is 0. The molecule has 0 amide bonds. The van der Waals surface area contributed by atoms with Crippen LogP contribution in [0, 0.1) is 19.7 Å². The fourth-order valence-corrected chi connectivity index (χ4v) is 2.41. The topological polar surface area (TPSA) is 29.9 Å². The van der Waals surface area contributed by atoms with Crippen molar-refractivity contribution in [2.75, 3.05) is 6.54 Å². The molecule has 0 saturated carbocycles.